The molecule has 0 aliphatic carbocycles. The monoisotopic (exact) mass is 291 g/mol. The number of hydrogen-bond donors (Lipinski definition) is 1. The van der Waals surface area contributed by atoms with Gasteiger partial charge in [-0.3, -0.25) is 0 Å². The van der Waals surface area contributed by atoms with Gasteiger partial charge >= 0.3 is 0 Å². The highest BCUT2D eigenvalue weighted by molar-refractivity contribution is 7.09. The van der Waals surface area contributed by atoms with Gasteiger partial charge in [0.15, 0.2) is 0 Å². The third-order valence-electron chi connectivity index (χ3n) is 3.26. The van der Waals surface area contributed by atoms with Crippen molar-refractivity contribution in [2.24, 2.45) is 0 Å². The Morgan fingerprint density at radius 3 is 2.85 bits per heavy atom. The summed E-state index contributed by atoms with van der Waals surface area (Å²) < 4.78 is 5.45. The molecule has 1 unspecified atom stereocenters. The van der Waals surface area contributed by atoms with Crippen LogP contribution in [0.1, 0.15) is 18.7 Å². The molecule has 4 nitrogen and oxygen atoms in total. The van der Waals surface area contributed by atoms with Crippen molar-refractivity contribution < 1.29 is 4.74 Å². The normalized spacial score (nSPS) is 12.2. The summed E-state index contributed by atoms with van der Waals surface area (Å²) in [4.78, 5) is 8.03. The standard InChI is InChI=1S/C15H21N3OS/c1-4-19-15-13(16)7-8-14(17-15)18(3)11(2)10-12-6-5-9-20-12/h5-9,11H,4,10,16H2,1-3H3. The van der Waals surface area contributed by atoms with Crippen LogP contribution in [-0.2, 0) is 6.42 Å². The van der Waals surface area contributed by atoms with Crippen LogP contribution in [0.5, 0.6) is 5.88 Å². The number of rotatable bonds is 6. The molecule has 2 N–H and O–H groups in total. The van der Waals surface area contributed by atoms with Crippen LogP contribution in [-0.4, -0.2) is 24.7 Å². The Morgan fingerprint density at radius 2 is 2.20 bits per heavy atom. The smallest absolute Gasteiger partial charge is 0.239 e. The van der Waals surface area contributed by atoms with Crippen LogP contribution < -0.4 is 15.4 Å². The zero-order chi connectivity index (χ0) is 14.5. The summed E-state index contributed by atoms with van der Waals surface area (Å²) in [5.74, 6) is 1.40. The first kappa shape index (κ1) is 14.7. The minimum Gasteiger partial charge on any atom is -0.476 e. The molecule has 0 fully saturated rings. The van der Waals surface area contributed by atoms with E-state index in [1.54, 1.807) is 11.3 Å². The first-order valence-corrected chi connectivity index (χ1v) is 7.64. The molecule has 20 heavy (non-hydrogen) atoms. The average Bonchev–Trinajstić information content (AvgIpc) is 2.93. The van der Waals surface area contributed by atoms with Gasteiger partial charge in [0.2, 0.25) is 5.88 Å². The number of aromatic nitrogens is 1. The lowest BCUT2D eigenvalue weighted by atomic mass is 10.2. The highest BCUT2D eigenvalue weighted by atomic mass is 32.1. The molecule has 5 heteroatoms. The topological polar surface area (TPSA) is 51.4 Å². The van der Waals surface area contributed by atoms with Crippen LogP contribution in [0, 0.1) is 0 Å². The molecule has 1 atom stereocenters. The zero-order valence-electron chi connectivity index (χ0n) is 12.2. The number of nitrogens with two attached hydrogens (primary N) is 1. The zero-order valence-corrected chi connectivity index (χ0v) is 13.0. The van der Waals surface area contributed by atoms with E-state index in [1.165, 1.54) is 4.88 Å². The fourth-order valence-electron chi connectivity index (χ4n) is 1.97. The van der Waals surface area contributed by atoms with Crippen molar-refractivity contribution in [1.29, 1.82) is 0 Å². The van der Waals surface area contributed by atoms with Gasteiger partial charge in [0.1, 0.15) is 5.82 Å². The van der Waals surface area contributed by atoms with Crippen LogP contribution in [0.3, 0.4) is 0 Å². The first-order valence-electron chi connectivity index (χ1n) is 6.76. The maximum Gasteiger partial charge on any atom is 0.239 e. The number of thiophene rings is 1. The highest BCUT2D eigenvalue weighted by Crippen LogP contribution is 2.24. The van der Waals surface area contributed by atoms with Gasteiger partial charge < -0.3 is 15.4 Å². The van der Waals surface area contributed by atoms with Crippen LogP contribution in [0.4, 0.5) is 11.5 Å². The molecule has 2 aromatic rings. The van der Waals surface area contributed by atoms with Gasteiger partial charge in [0.05, 0.1) is 12.3 Å². The van der Waals surface area contributed by atoms with Crippen LogP contribution in [0.15, 0.2) is 29.6 Å². The summed E-state index contributed by atoms with van der Waals surface area (Å²) in [6.45, 7) is 4.68. The fourth-order valence-corrected chi connectivity index (χ4v) is 2.80. The average molecular weight is 291 g/mol. The quantitative estimate of drug-likeness (QED) is 0.888. The molecular formula is C15H21N3OS. The molecule has 0 aliphatic heterocycles. The summed E-state index contributed by atoms with van der Waals surface area (Å²) in [7, 11) is 2.05. The van der Waals surface area contributed by atoms with Crippen molar-refractivity contribution in [3.8, 4) is 5.88 Å². The van der Waals surface area contributed by atoms with Crippen LogP contribution >= 0.6 is 11.3 Å². The second kappa shape index (κ2) is 6.61. The van der Waals surface area contributed by atoms with E-state index in [4.69, 9.17) is 10.5 Å². The summed E-state index contributed by atoms with van der Waals surface area (Å²) >= 11 is 1.79. The molecule has 2 rings (SSSR count). The summed E-state index contributed by atoms with van der Waals surface area (Å²) in [5.41, 5.74) is 6.44. The van der Waals surface area contributed by atoms with Crippen molar-refractivity contribution in [2.45, 2.75) is 26.3 Å². The van der Waals surface area contributed by atoms with E-state index in [-0.39, 0.29) is 0 Å². The van der Waals surface area contributed by atoms with Crippen molar-refractivity contribution in [2.75, 3.05) is 24.3 Å². The Kier molecular flexibility index (Phi) is 4.84. The van der Waals surface area contributed by atoms with Crippen LogP contribution in [0.25, 0.3) is 0 Å². The Bertz CT molecular complexity index is 542. The number of pyridine rings is 1. The van der Waals surface area contributed by atoms with Crippen molar-refractivity contribution in [1.82, 2.24) is 4.98 Å². The molecule has 0 saturated heterocycles. The third kappa shape index (κ3) is 3.42. The van der Waals surface area contributed by atoms with E-state index in [0.717, 1.165) is 12.2 Å². The van der Waals surface area contributed by atoms with Crippen LogP contribution in [0.2, 0.25) is 0 Å². The number of nitrogen functional groups attached to an aromatic ring is 1. The molecule has 108 valence electrons. The fraction of sp³-hybridized carbons (Fsp3) is 0.400. The van der Waals surface area contributed by atoms with Gasteiger partial charge in [0.25, 0.3) is 0 Å². The Morgan fingerprint density at radius 1 is 1.40 bits per heavy atom. The lowest BCUT2D eigenvalue weighted by Gasteiger charge is -2.26. The van der Waals surface area contributed by atoms with Gasteiger partial charge in [-0.25, -0.2) is 0 Å². The number of hydrogen-bond acceptors (Lipinski definition) is 5. The van der Waals surface area contributed by atoms with E-state index in [2.05, 4.69) is 34.3 Å². The van der Waals surface area contributed by atoms with Gasteiger partial charge in [-0.05, 0) is 37.4 Å². The predicted molar refractivity (Wildman–Crippen MR) is 85.7 cm³/mol. The lowest BCUT2D eigenvalue weighted by Crippen LogP contribution is -2.31. The second-order valence-electron chi connectivity index (χ2n) is 4.74. The van der Waals surface area contributed by atoms with Gasteiger partial charge in [-0.1, -0.05) is 6.07 Å². The summed E-state index contributed by atoms with van der Waals surface area (Å²) in [6, 6.07) is 8.39. The summed E-state index contributed by atoms with van der Waals surface area (Å²) in [5, 5.41) is 2.11. The van der Waals surface area contributed by atoms with Gasteiger partial charge in [-0.2, -0.15) is 4.98 Å². The van der Waals surface area contributed by atoms with E-state index < -0.39 is 0 Å². The summed E-state index contributed by atoms with van der Waals surface area (Å²) in [6.07, 6.45) is 1.00. The van der Waals surface area contributed by atoms with E-state index in [9.17, 15) is 0 Å². The molecule has 0 bridgehead atoms. The Labute approximate surface area is 124 Å². The maximum absolute atomic E-state index is 5.86. The molecule has 2 aromatic heterocycles. The molecule has 0 saturated carbocycles. The number of likely N-dealkylation sites (N-methyl/N-ethyl adjacent to an activating group) is 1. The van der Waals surface area contributed by atoms with Crippen molar-refractivity contribution in [3.05, 3.63) is 34.5 Å². The Hall–Kier alpha value is -1.75. The maximum atomic E-state index is 5.86. The van der Waals surface area contributed by atoms with Crippen molar-refractivity contribution >= 4 is 22.8 Å². The van der Waals surface area contributed by atoms with E-state index in [1.807, 2.05) is 26.1 Å². The highest BCUT2D eigenvalue weighted by Gasteiger charge is 2.14. The molecule has 2 heterocycles. The second-order valence-corrected chi connectivity index (χ2v) is 5.77. The molecule has 0 aliphatic rings. The predicted octanol–water partition coefficient (Wildman–Crippen LogP) is 3.19. The number of ether oxygens (including phenoxy) is 1. The van der Waals surface area contributed by atoms with Crippen molar-refractivity contribution in [3.63, 3.8) is 0 Å². The molecule has 0 amide bonds. The lowest BCUT2D eigenvalue weighted by molar-refractivity contribution is 0.329. The molecular weight excluding hydrogens is 270 g/mol. The SMILES string of the molecule is CCOc1nc(N(C)C(C)Cc2cccs2)ccc1N. The third-order valence-corrected chi connectivity index (χ3v) is 4.15. The first-order chi connectivity index (χ1) is 9.61. The Balaban J connectivity index is 2.11. The minimum atomic E-state index is 0.360. The molecule has 0 aromatic carbocycles. The molecule has 0 radical (unpaired) electrons. The molecule has 0 spiro atoms. The van der Waals surface area contributed by atoms with E-state index >= 15 is 0 Å². The number of nitrogens with zero attached hydrogens (tertiary/aromatic N) is 2. The van der Waals surface area contributed by atoms with E-state index in [0.29, 0.717) is 24.2 Å². The largest absolute Gasteiger partial charge is 0.476 e. The minimum absolute atomic E-state index is 0.360. The van der Waals surface area contributed by atoms with Gasteiger partial charge in [0, 0.05) is 24.4 Å². The van der Waals surface area contributed by atoms with Gasteiger partial charge in [-0.15, -0.1) is 11.3 Å². The number of anilines is 2.